The van der Waals surface area contributed by atoms with E-state index in [0.29, 0.717) is 0 Å². The first kappa shape index (κ1) is 14.3. The number of benzene rings is 2. The third-order valence-electron chi connectivity index (χ3n) is 3.69. The van der Waals surface area contributed by atoms with Gasteiger partial charge in [0.15, 0.2) is 0 Å². The Balaban J connectivity index is 1.69. The van der Waals surface area contributed by atoms with E-state index in [1.165, 1.54) is 21.7 Å². The summed E-state index contributed by atoms with van der Waals surface area (Å²) in [4.78, 5) is 1.28. The lowest BCUT2D eigenvalue weighted by atomic mass is 10.0. The largest absolute Gasteiger partial charge is 0.487 e. The molecule has 2 aromatic rings. The lowest BCUT2D eigenvalue weighted by Gasteiger charge is -2.16. The van der Waals surface area contributed by atoms with Crippen molar-refractivity contribution in [2.45, 2.75) is 37.3 Å². The van der Waals surface area contributed by atoms with Crippen LogP contribution in [0.5, 0.6) is 5.75 Å². The average Bonchev–Trinajstić information content (AvgIpc) is 2.78. The van der Waals surface area contributed by atoms with E-state index >= 15 is 0 Å². The van der Waals surface area contributed by atoms with E-state index in [1.54, 1.807) is 11.8 Å². The molecule has 0 radical (unpaired) electrons. The number of hydrogen-bond donors (Lipinski definition) is 1. The molecule has 0 bridgehead atoms. The zero-order valence-corrected chi connectivity index (χ0v) is 13.6. The molecule has 0 amide bonds. The predicted molar refractivity (Wildman–Crippen MR) is 90.4 cm³/mol. The SMILES string of the molecule is CSc1cccc(NCc2ccc3c(c2)CC(C)(C)O3)c1. The van der Waals surface area contributed by atoms with Crippen molar-refractivity contribution in [3.05, 3.63) is 53.6 Å². The smallest absolute Gasteiger partial charge is 0.123 e. The second kappa shape index (κ2) is 5.64. The van der Waals surface area contributed by atoms with Gasteiger partial charge in [0.25, 0.3) is 0 Å². The Kier molecular flexibility index (Phi) is 3.85. The van der Waals surface area contributed by atoms with Gasteiger partial charge >= 0.3 is 0 Å². The summed E-state index contributed by atoms with van der Waals surface area (Å²) >= 11 is 1.76. The van der Waals surface area contributed by atoms with Crippen LogP contribution in [0.2, 0.25) is 0 Å². The summed E-state index contributed by atoms with van der Waals surface area (Å²) < 4.78 is 5.92. The maximum atomic E-state index is 5.92. The van der Waals surface area contributed by atoms with Crippen molar-refractivity contribution < 1.29 is 4.74 Å². The van der Waals surface area contributed by atoms with Gasteiger partial charge in [-0.25, -0.2) is 0 Å². The maximum absolute atomic E-state index is 5.92. The number of thioether (sulfide) groups is 1. The van der Waals surface area contributed by atoms with Gasteiger partial charge in [-0.2, -0.15) is 0 Å². The van der Waals surface area contributed by atoms with Gasteiger partial charge < -0.3 is 10.1 Å². The summed E-state index contributed by atoms with van der Waals surface area (Å²) in [5, 5.41) is 3.49. The molecule has 0 unspecified atom stereocenters. The summed E-state index contributed by atoms with van der Waals surface area (Å²) in [5.74, 6) is 1.04. The molecule has 1 N–H and O–H groups in total. The lowest BCUT2D eigenvalue weighted by molar-refractivity contribution is 0.138. The normalized spacial score (nSPS) is 15.4. The summed E-state index contributed by atoms with van der Waals surface area (Å²) in [6.07, 6.45) is 3.08. The molecule has 110 valence electrons. The van der Waals surface area contributed by atoms with Crippen LogP contribution in [0.25, 0.3) is 0 Å². The van der Waals surface area contributed by atoms with E-state index in [0.717, 1.165) is 18.7 Å². The van der Waals surface area contributed by atoms with Crippen molar-refractivity contribution >= 4 is 17.4 Å². The molecule has 1 aliphatic rings. The molecule has 3 rings (SSSR count). The minimum absolute atomic E-state index is 0.0684. The summed E-state index contributed by atoms with van der Waals surface area (Å²) in [7, 11) is 0. The van der Waals surface area contributed by atoms with E-state index in [-0.39, 0.29) is 5.60 Å². The lowest BCUT2D eigenvalue weighted by Crippen LogP contribution is -2.24. The van der Waals surface area contributed by atoms with E-state index in [1.807, 2.05) is 0 Å². The first-order valence-corrected chi connectivity index (χ1v) is 8.47. The van der Waals surface area contributed by atoms with Crippen LogP contribution in [0.15, 0.2) is 47.4 Å². The van der Waals surface area contributed by atoms with Crippen molar-refractivity contribution in [1.82, 2.24) is 0 Å². The van der Waals surface area contributed by atoms with Crippen molar-refractivity contribution in [2.24, 2.45) is 0 Å². The second-order valence-electron chi connectivity index (χ2n) is 6.07. The molecule has 0 saturated heterocycles. The summed E-state index contributed by atoms with van der Waals surface area (Å²) in [6, 6.07) is 15.0. The van der Waals surface area contributed by atoms with Crippen LogP contribution in [0, 0.1) is 0 Å². The molecule has 1 heterocycles. The molecule has 0 spiro atoms. The molecule has 0 aliphatic carbocycles. The van der Waals surface area contributed by atoms with Gasteiger partial charge in [-0.15, -0.1) is 11.8 Å². The van der Waals surface area contributed by atoms with E-state index < -0.39 is 0 Å². The topological polar surface area (TPSA) is 21.3 Å². The fourth-order valence-corrected chi connectivity index (χ4v) is 3.17. The maximum Gasteiger partial charge on any atom is 0.123 e. The van der Waals surface area contributed by atoms with Crippen molar-refractivity contribution in [3.63, 3.8) is 0 Å². The molecule has 21 heavy (non-hydrogen) atoms. The molecule has 0 aromatic heterocycles. The third kappa shape index (κ3) is 3.35. The number of hydrogen-bond acceptors (Lipinski definition) is 3. The zero-order chi connectivity index (χ0) is 14.9. The number of anilines is 1. The minimum Gasteiger partial charge on any atom is -0.487 e. The Labute approximate surface area is 130 Å². The van der Waals surface area contributed by atoms with Crippen molar-refractivity contribution in [1.29, 1.82) is 0 Å². The molecule has 0 atom stereocenters. The summed E-state index contributed by atoms with van der Waals surface area (Å²) in [5.41, 5.74) is 3.71. The zero-order valence-electron chi connectivity index (χ0n) is 12.8. The van der Waals surface area contributed by atoms with Crippen LogP contribution in [0.3, 0.4) is 0 Å². The molecule has 1 aliphatic heterocycles. The highest BCUT2D eigenvalue weighted by Gasteiger charge is 2.29. The van der Waals surface area contributed by atoms with Crippen LogP contribution in [-0.2, 0) is 13.0 Å². The molecule has 2 nitrogen and oxygen atoms in total. The quantitative estimate of drug-likeness (QED) is 0.824. The highest BCUT2D eigenvalue weighted by molar-refractivity contribution is 7.98. The monoisotopic (exact) mass is 299 g/mol. The van der Waals surface area contributed by atoms with Gasteiger partial charge in [0, 0.05) is 23.5 Å². The molecule has 0 fully saturated rings. The Hall–Kier alpha value is -1.61. The molecule has 3 heteroatoms. The predicted octanol–water partition coefficient (Wildman–Crippen LogP) is 4.73. The third-order valence-corrected chi connectivity index (χ3v) is 4.42. The number of fused-ring (bicyclic) bond motifs is 1. The van der Waals surface area contributed by atoms with Gasteiger partial charge in [0.1, 0.15) is 11.4 Å². The van der Waals surface area contributed by atoms with Crippen molar-refractivity contribution in [2.75, 3.05) is 11.6 Å². The highest BCUT2D eigenvalue weighted by Crippen LogP contribution is 2.35. The Morgan fingerprint density at radius 2 is 2.05 bits per heavy atom. The van der Waals surface area contributed by atoms with E-state index in [9.17, 15) is 0 Å². The molecular formula is C18H21NOS. The Morgan fingerprint density at radius 1 is 1.19 bits per heavy atom. The molecular weight excluding hydrogens is 278 g/mol. The van der Waals surface area contributed by atoms with Crippen LogP contribution in [0.1, 0.15) is 25.0 Å². The molecule has 0 saturated carbocycles. The fourth-order valence-electron chi connectivity index (χ4n) is 2.71. The Bertz CT molecular complexity index is 651. The van der Waals surface area contributed by atoms with Crippen LogP contribution < -0.4 is 10.1 Å². The standard InChI is InChI=1S/C18H21NOS/c1-18(2)11-14-9-13(7-8-17(14)20-18)12-19-15-5-4-6-16(10-15)21-3/h4-10,19H,11-12H2,1-3H3. The molecule has 2 aromatic carbocycles. The minimum atomic E-state index is -0.0684. The van der Waals surface area contributed by atoms with Crippen LogP contribution in [0.4, 0.5) is 5.69 Å². The van der Waals surface area contributed by atoms with Crippen LogP contribution >= 0.6 is 11.8 Å². The Morgan fingerprint density at radius 3 is 2.86 bits per heavy atom. The fraction of sp³-hybridized carbons (Fsp3) is 0.333. The van der Waals surface area contributed by atoms with E-state index in [4.69, 9.17) is 4.74 Å². The van der Waals surface area contributed by atoms with E-state index in [2.05, 4.69) is 67.9 Å². The first-order valence-electron chi connectivity index (χ1n) is 7.24. The number of rotatable bonds is 4. The first-order chi connectivity index (χ1) is 10.1. The second-order valence-corrected chi connectivity index (χ2v) is 6.95. The van der Waals surface area contributed by atoms with Gasteiger partial charge in [-0.3, -0.25) is 0 Å². The van der Waals surface area contributed by atoms with Gasteiger partial charge in [0.2, 0.25) is 0 Å². The average molecular weight is 299 g/mol. The van der Waals surface area contributed by atoms with Gasteiger partial charge in [-0.05, 0) is 55.5 Å². The van der Waals surface area contributed by atoms with Gasteiger partial charge in [0.05, 0.1) is 0 Å². The summed E-state index contributed by atoms with van der Waals surface area (Å²) in [6.45, 7) is 5.11. The van der Waals surface area contributed by atoms with Crippen molar-refractivity contribution in [3.8, 4) is 5.75 Å². The van der Waals surface area contributed by atoms with Crippen LogP contribution in [-0.4, -0.2) is 11.9 Å². The van der Waals surface area contributed by atoms with Gasteiger partial charge in [-0.1, -0.05) is 18.2 Å². The number of ether oxygens (including phenoxy) is 1. The number of nitrogens with one attached hydrogen (secondary N) is 1. The highest BCUT2D eigenvalue weighted by atomic mass is 32.2.